The molecule has 6 nitrogen and oxygen atoms in total. The van der Waals surface area contributed by atoms with Crippen LogP contribution >= 0.6 is 12.4 Å². The second-order valence-electron chi connectivity index (χ2n) is 2.93. The third-order valence-electron chi connectivity index (χ3n) is 2.15. The van der Waals surface area contributed by atoms with Gasteiger partial charge in [0.1, 0.15) is 0 Å². The van der Waals surface area contributed by atoms with Crippen molar-refractivity contribution in [2.45, 2.75) is 13.0 Å². The van der Waals surface area contributed by atoms with Gasteiger partial charge in [0.05, 0.1) is 0 Å². The van der Waals surface area contributed by atoms with E-state index in [1.807, 2.05) is 0 Å². The van der Waals surface area contributed by atoms with Crippen molar-refractivity contribution in [3.05, 3.63) is 17.0 Å². The van der Waals surface area contributed by atoms with Crippen molar-refractivity contribution in [3.8, 4) is 0 Å². The minimum Gasteiger partial charge on any atom is -0.312 e. The molecule has 1 aromatic rings. The number of nitrogens with one attached hydrogen (secondary N) is 3. The molecule has 1 aromatic heterocycles. The highest BCUT2D eigenvalue weighted by molar-refractivity contribution is 5.93. The van der Waals surface area contributed by atoms with Gasteiger partial charge in [-0.25, -0.2) is 5.84 Å². The number of hydrogen-bond donors (Lipinski definition) is 4. The van der Waals surface area contributed by atoms with Crippen LogP contribution in [0.2, 0.25) is 0 Å². The molecule has 0 unspecified atom stereocenters. The number of fused-ring (bicyclic) bond motifs is 1. The van der Waals surface area contributed by atoms with E-state index in [0.29, 0.717) is 12.2 Å². The van der Waals surface area contributed by atoms with E-state index in [4.69, 9.17) is 5.84 Å². The van der Waals surface area contributed by atoms with Gasteiger partial charge in [-0.2, -0.15) is 5.10 Å². The predicted octanol–water partition coefficient (Wildman–Crippen LogP) is -0.919. The Bertz CT molecular complexity index is 337. The fourth-order valence-electron chi connectivity index (χ4n) is 1.48. The first kappa shape index (κ1) is 11.0. The van der Waals surface area contributed by atoms with Gasteiger partial charge < -0.3 is 5.32 Å². The van der Waals surface area contributed by atoms with Gasteiger partial charge in [-0.05, 0) is 0 Å². The molecule has 2 rings (SSSR count). The van der Waals surface area contributed by atoms with E-state index in [1.165, 1.54) is 0 Å². The van der Waals surface area contributed by atoms with E-state index in [1.54, 1.807) is 0 Å². The first-order valence-electron chi connectivity index (χ1n) is 4.10. The second kappa shape index (κ2) is 4.41. The van der Waals surface area contributed by atoms with Crippen molar-refractivity contribution in [3.63, 3.8) is 0 Å². The van der Waals surface area contributed by atoms with Crippen LogP contribution in [0.25, 0.3) is 0 Å². The van der Waals surface area contributed by atoms with Crippen molar-refractivity contribution >= 4 is 18.3 Å². The highest BCUT2D eigenvalue weighted by Gasteiger charge is 2.20. The number of aromatic nitrogens is 2. The van der Waals surface area contributed by atoms with Gasteiger partial charge in [0.15, 0.2) is 5.69 Å². The van der Waals surface area contributed by atoms with Gasteiger partial charge in [-0.3, -0.25) is 15.3 Å². The highest BCUT2D eigenvalue weighted by atomic mass is 35.5. The third-order valence-corrected chi connectivity index (χ3v) is 2.15. The van der Waals surface area contributed by atoms with Gasteiger partial charge in [0.2, 0.25) is 0 Å². The number of carbonyl (C=O) groups excluding carboxylic acids is 1. The number of rotatable bonds is 1. The average Bonchev–Trinajstić information content (AvgIpc) is 2.60. The molecule has 5 N–H and O–H groups in total. The van der Waals surface area contributed by atoms with Gasteiger partial charge in [0.25, 0.3) is 5.91 Å². The standard InChI is InChI=1S/C7H11N5O.ClH/c8-10-7(13)6-4-3-9-2-1-5(4)11-12-6;/h9H,1-3,8H2,(H,10,13)(H,11,12);1H. The number of H-pyrrole nitrogens is 1. The van der Waals surface area contributed by atoms with E-state index >= 15 is 0 Å². The fraction of sp³-hybridized carbons (Fsp3) is 0.429. The van der Waals surface area contributed by atoms with E-state index in [9.17, 15) is 4.79 Å². The number of aromatic amines is 1. The Morgan fingerprint density at radius 2 is 2.36 bits per heavy atom. The van der Waals surface area contributed by atoms with Crippen molar-refractivity contribution in [2.75, 3.05) is 6.54 Å². The fourth-order valence-corrected chi connectivity index (χ4v) is 1.48. The maximum atomic E-state index is 11.2. The summed E-state index contributed by atoms with van der Waals surface area (Å²) >= 11 is 0. The Balaban J connectivity index is 0.000000980. The molecule has 7 heteroatoms. The lowest BCUT2D eigenvalue weighted by Gasteiger charge is -2.12. The number of amides is 1. The molecular formula is C7H12ClN5O. The number of nitrogens with two attached hydrogens (primary N) is 1. The summed E-state index contributed by atoms with van der Waals surface area (Å²) in [6.07, 6.45) is 0.875. The summed E-state index contributed by atoms with van der Waals surface area (Å²) in [6, 6.07) is 0. The molecule has 0 saturated carbocycles. The molecule has 0 fully saturated rings. The van der Waals surface area contributed by atoms with Crippen molar-refractivity contribution in [1.82, 2.24) is 20.9 Å². The molecule has 14 heavy (non-hydrogen) atoms. The molecule has 2 heterocycles. The Morgan fingerprint density at radius 1 is 1.57 bits per heavy atom. The minimum atomic E-state index is -0.346. The van der Waals surface area contributed by atoms with E-state index < -0.39 is 0 Å². The Labute approximate surface area is 87.0 Å². The third kappa shape index (κ3) is 1.72. The monoisotopic (exact) mass is 217 g/mol. The number of halogens is 1. The first-order chi connectivity index (χ1) is 6.33. The van der Waals surface area contributed by atoms with Crippen LogP contribution in [0, 0.1) is 0 Å². The molecule has 1 aliphatic heterocycles. The molecule has 0 bridgehead atoms. The van der Waals surface area contributed by atoms with Crippen LogP contribution in [-0.2, 0) is 13.0 Å². The molecule has 0 aliphatic carbocycles. The second-order valence-corrected chi connectivity index (χ2v) is 2.93. The van der Waals surface area contributed by atoms with Gasteiger partial charge in [0, 0.05) is 30.8 Å². The first-order valence-corrected chi connectivity index (χ1v) is 4.10. The normalized spacial score (nSPS) is 14.1. The number of hydrogen-bond acceptors (Lipinski definition) is 4. The number of hydrazine groups is 1. The number of nitrogen functional groups attached to an aromatic ring is 1. The lowest BCUT2D eigenvalue weighted by atomic mass is 10.1. The van der Waals surface area contributed by atoms with Crippen LogP contribution < -0.4 is 16.6 Å². The molecule has 1 aliphatic rings. The summed E-state index contributed by atoms with van der Waals surface area (Å²) in [5.41, 5.74) is 4.41. The SMILES string of the molecule is Cl.NNC(=O)c1n[nH]c2c1CNCC2. The van der Waals surface area contributed by atoms with Gasteiger partial charge in [-0.15, -0.1) is 12.4 Å². The van der Waals surface area contributed by atoms with E-state index in [0.717, 1.165) is 24.2 Å². The quantitative estimate of drug-likeness (QED) is 0.278. The Morgan fingerprint density at radius 3 is 3.07 bits per heavy atom. The summed E-state index contributed by atoms with van der Waals surface area (Å²) in [6.45, 7) is 1.59. The Hall–Kier alpha value is -1.11. The summed E-state index contributed by atoms with van der Waals surface area (Å²) in [5, 5.41) is 9.91. The zero-order valence-corrected chi connectivity index (χ0v) is 8.28. The molecule has 0 atom stereocenters. The molecule has 0 radical (unpaired) electrons. The lowest BCUT2D eigenvalue weighted by Crippen LogP contribution is -2.32. The van der Waals surface area contributed by atoms with Crippen LogP contribution in [0.4, 0.5) is 0 Å². The van der Waals surface area contributed by atoms with E-state index in [-0.39, 0.29) is 18.3 Å². The lowest BCUT2D eigenvalue weighted by molar-refractivity contribution is 0.0947. The molecule has 0 spiro atoms. The summed E-state index contributed by atoms with van der Waals surface area (Å²) in [4.78, 5) is 11.2. The maximum Gasteiger partial charge on any atom is 0.285 e. The van der Waals surface area contributed by atoms with Gasteiger partial charge in [-0.1, -0.05) is 0 Å². The van der Waals surface area contributed by atoms with Crippen molar-refractivity contribution in [2.24, 2.45) is 5.84 Å². The largest absolute Gasteiger partial charge is 0.312 e. The van der Waals surface area contributed by atoms with Gasteiger partial charge >= 0.3 is 0 Å². The molecular weight excluding hydrogens is 206 g/mol. The number of nitrogens with zero attached hydrogens (tertiary/aromatic N) is 1. The maximum absolute atomic E-state index is 11.2. The van der Waals surface area contributed by atoms with Crippen LogP contribution in [0.3, 0.4) is 0 Å². The molecule has 0 saturated heterocycles. The summed E-state index contributed by atoms with van der Waals surface area (Å²) in [5.74, 6) is 4.68. The summed E-state index contributed by atoms with van der Waals surface area (Å²) < 4.78 is 0. The van der Waals surface area contributed by atoms with Crippen LogP contribution in [0.5, 0.6) is 0 Å². The highest BCUT2D eigenvalue weighted by Crippen LogP contribution is 2.14. The smallest absolute Gasteiger partial charge is 0.285 e. The predicted molar refractivity (Wildman–Crippen MR) is 52.9 cm³/mol. The van der Waals surface area contributed by atoms with E-state index in [2.05, 4.69) is 20.9 Å². The van der Waals surface area contributed by atoms with Crippen molar-refractivity contribution < 1.29 is 4.79 Å². The molecule has 0 aromatic carbocycles. The zero-order valence-electron chi connectivity index (χ0n) is 7.46. The summed E-state index contributed by atoms with van der Waals surface area (Å²) in [7, 11) is 0. The van der Waals surface area contributed by atoms with Crippen molar-refractivity contribution in [1.29, 1.82) is 0 Å². The molecule has 1 amide bonds. The Kier molecular flexibility index (Phi) is 3.45. The number of carbonyl (C=O) groups is 1. The molecule has 78 valence electrons. The minimum absolute atomic E-state index is 0. The topological polar surface area (TPSA) is 95.8 Å². The van der Waals surface area contributed by atoms with Crippen LogP contribution in [0.15, 0.2) is 0 Å². The zero-order chi connectivity index (χ0) is 9.26. The average molecular weight is 218 g/mol. The van der Waals surface area contributed by atoms with Crippen LogP contribution in [0.1, 0.15) is 21.7 Å². The van der Waals surface area contributed by atoms with Crippen LogP contribution in [-0.4, -0.2) is 22.6 Å².